The average Bonchev–Trinajstić information content (AvgIpc) is 2.58. The third-order valence-electron chi connectivity index (χ3n) is 6.85. The van der Waals surface area contributed by atoms with E-state index < -0.39 is 10.0 Å². The Morgan fingerprint density at radius 2 is 1.90 bits per heavy atom. The van der Waals surface area contributed by atoms with E-state index in [1.807, 2.05) is 0 Å². The molecule has 0 aromatic heterocycles. The highest BCUT2D eigenvalue weighted by Crippen LogP contribution is 2.65. The molecule has 1 amide bonds. The molecule has 4 aliphatic carbocycles. The molecule has 0 saturated heterocycles. The highest BCUT2D eigenvalue weighted by molar-refractivity contribution is 9.10. The van der Waals surface area contributed by atoms with E-state index in [0.29, 0.717) is 12.1 Å². The van der Waals surface area contributed by atoms with Crippen molar-refractivity contribution < 1.29 is 17.9 Å². The van der Waals surface area contributed by atoms with Gasteiger partial charge in [0.2, 0.25) is 15.9 Å². The lowest BCUT2D eigenvalue weighted by Gasteiger charge is -2.60. The van der Waals surface area contributed by atoms with Gasteiger partial charge in [0.1, 0.15) is 10.6 Å². The lowest BCUT2D eigenvalue weighted by atomic mass is 9.48. The first-order chi connectivity index (χ1) is 13.5. The second-order valence-electron chi connectivity index (χ2n) is 9.49. The van der Waals surface area contributed by atoms with Gasteiger partial charge in [0, 0.05) is 30.5 Å². The molecule has 0 aliphatic heterocycles. The summed E-state index contributed by atoms with van der Waals surface area (Å²) in [7, 11) is 0.708. The second-order valence-corrected chi connectivity index (χ2v) is 13.3. The van der Waals surface area contributed by atoms with Gasteiger partial charge >= 0.3 is 0 Å². The first-order valence-corrected chi connectivity index (χ1v) is 12.4. The van der Waals surface area contributed by atoms with Crippen LogP contribution in [0.2, 0.25) is 0 Å². The Morgan fingerprint density at radius 1 is 1.24 bits per heavy atom. The molecule has 2 unspecified atom stereocenters. The number of carbonyl (C=O) groups is 1. The molecule has 8 heteroatoms. The molecule has 1 N–H and O–H groups in total. The largest absolute Gasteiger partial charge is 0.495 e. The van der Waals surface area contributed by atoms with Crippen molar-refractivity contribution in [1.29, 1.82) is 0 Å². The van der Waals surface area contributed by atoms with Crippen molar-refractivity contribution in [1.82, 2.24) is 4.31 Å². The number of nitrogens with one attached hydrogen (secondary N) is 1. The predicted octanol–water partition coefficient (Wildman–Crippen LogP) is 4.01. The van der Waals surface area contributed by atoms with Gasteiger partial charge in [-0.25, -0.2) is 12.7 Å². The van der Waals surface area contributed by atoms with Gasteiger partial charge in [0.15, 0.2) is 0 Å². The van der Waals surface area contributed by atoms with Gasteiger partial charge in [0.05, 0.1) is 7.11 Å². The summed E-state index contributed by atoms with van der Waals surface area (Å²) in [6.07, 6.45) is 7.59. The maximum atomic E-state index is 12.9. The van der Waals surface area contributed by atoms with Gasteiger partial charge in [-0.05, 0) is 74.0 Å². The van der Waals surface area contributed by atoms with Crippen molar-refractivity contribution in [2.75, 3.05) is 26.5 Å². The molecule has 0 radical (unpaired) electrons. The summed E-state index contributed by atoms with van der Waals surface area (Å²) in [5.74, 6) is 1.67. The van der Waals surface area contributed by atoms with Crippen molar-refractivity contribution >= 4 is 37.5 Å². The number of nitrogens with zero attached hydrogens (tertiary/aromatic N) is 1. The van der Waals surface area contributed by atoms with Crippen LogP contribution in [0.15, 0.2) is 23.1 Å². The topological polar surface area (TPSA) is 75.7 Å². The number of ether oxygens (including phenoxy) is 1. The van der Waals surface area contributed by atoms with E-state index >= 15 is 0 Å². The van der Waals surface area contributed by atoms with Gasteiger partial charge in [-0.1, -0.05) is 15.9 Å². The number of methoxy groups -OCH3 is 1. The highest BCUT2D eigenvalue weighted by Gasteiger charge is 2.57. The van der Waals surface area contributed by atoms with E-state index in [1.165, 1.54) is 46.5 Å². The summed E-state index contributed by atoms with van der Waals surface area (Å²) in [4.78, 5) is 13.0. The quantitative estimate of drug-likeness (QED) is 0.618. The zero-order chi connectivity index (χ0) is 21.0. The van der Waals surface area contributed by atoms with Crippen molar-refractivity contribution in [3.8, 4) is 5.75 Å². The molecular weight excluding hydrogens is 456 g/mol. The van der Waals surface area contributed by atoms with E-state index in [-0.39, 0.29) is 26.3 Å². The average molecular weight is 485 g/mol. The monoisotopic (exact) mass is 484 g/mol. The van der Waals surface area contributed by atoms with Crippen LogP contribution in [0.3, 0.4) is 0 Å². The second kappa shape index (κ2) is 7.24. The number of anilines is 1. The molecule has 1 aromatic carbocycles. The minimum atomic E-state index is -3.68. The fraction of sp³-hybridized carbons (Fsp3) is 0.667. The third-order valence-corrected chi connectivity index (χ3v) is 9.62. The van der Waals surface area contributed by atoms with Gasteiger partial charge in [-0.3, -0.25) is 4.79 Å². The molecule has 4 saturated carbocycles. The molecule has 4 fully saturated rings. The Balaban J connectivity index is 1.52. The lowest BCUT2D eigenvalue weighted by molar-refractivity contribution is -0.123. The summed E-state index contributed by atoms with van der Waals surface area (Å²) in [6.45, 7) is 0. The van der Waals surface area contributed by atoms with Crippen molar-refractivity contribution in [2.45, 2.75) is 54.2 Å². The maximum Gasteiger partial charge on any atom is 0.246 e. The summed E-state index contributed by atoms with van der Waals surface area (Å²) < 4.78 is 31.8. The molecule has 1 aromatic rings. The molecule has 4 bridgehead atoms. The first kappa shape index (κ1) is 21.1. The van der Waals surface area contributed by atoms with E-state index in [0.717, 1.165) is 35.4 Å². The van der Waals surface area contributed by atoms with Crippen LogP contribution in [0.5, 0.6) is 5.75 Å². The minimum Gasteiger partial charge on any atom is -0.495 e. The number of benzene rings is 1. The molecule has 160 valence electrons. The normalized spacial score (nSPS) is 33.1. The standard InChI is InChI=1S/C21H29BrN2O4S/c1-24(2)29(26,27)18-7-16(4-5-17(18)28-3)23-19(25)12-20-8-14-6-15(9-20)11-21(22,10-14)13-20/h4-5,7,14-15H,6,8-13H2,1-3H3,(H,23,25). The molecular formula is C21H29BrN2O4S. The fourth-order valence-corrected chi connectivity index (χ4v) is 8.83. The van der Waals surface area contributed by atoms with Gasteiger partial charge in [-0.2, -0.15) is 0 Å². The van der Waals surface area contributed by atoms with E-state index in [2.05, 4.69) is 21.2 Å². The molecule has 29 heavy (non-hydrogen) atoms. The van der Waals surface area contributed by atoms with Crippen molar-refractivity contribution in [2.24, 2.45) is 17.3 Å². The molecule has 6 nitrogen and oxygen atoms in total. The number of hydrogen-bond acceptors (Lipinski definition) is 4. The molecule has 4 aliphatic rings. The fourth-order valence-electron chi connectivity index (χ4n) is 6.24. The van der Waals surface area contributed by atoms with Crippen LogP contribution in [0.25, 0.3) is 0 Å². The number of amides is 1. The number of rotatable bonds is 6. The van der Waals surface area contributed by atoms with Crippen LogP contribution < -0.4 is 10.1 Å². The summed E-state index contributed by atoms with van der Waals surface area (Å²) in [5, 5.41) is 2.94. The van der Waals surface area contributed by atoms with Gasteiger partial charge in [0.25, 0.3) is 0 Å². The van der Waals surface area contributed by atoms with Gasteiger partial charge in [-0.15, -0.1) is 0 Å². The summed E-state index contributed by atoms with van der Waals surface area (Å²) in [6, 6.07) is 4.76. The van der Waals surface area contributed by atoms with Crippen molar-refractivity contribution in [3.05, 3.63) is 18.2 Å². The molecule has 2 atom stereocenters. The predicted molar refractivity (Wildman–Crippen MR) is 116 cm³/mol. The number of alkyl halides is 1. The van der Waals surface area contributed by atoms with Gasteiger partial charge < -0.3 is 10.1 Å². The van der Waals surface area contributed by atoms with Crippen LogP contribution in [0.4, 0.5) is 5.69 Å². The summed E-state index contributed by atoms with van der Waals surface area (Å²) in [5.41, 5.74) is 0.553. The van der Waals surface area contributed by atoms with Crippen LogP contribution >= 0.6 is 15.9 Å². The molecule has 0 heterocycles. The Morgan fingerprint density at radius 3 is 2.45 bits per heavy atom. The smallest absolute Gasteiger partial charge is 0.246 e. The number of halogens is 1. The van der Waals surface area contributed by atoms with Crippen LogP contribution in [-0.4, -0.2) is 44.2 Å². The number of carbonyl (C=O) groups excluding carboxylic acids is 1. The van der Waals surface area contributed by atoms with Crippen LogP contribution in [-0.2, 0) is 14.8 Å². The van der Waals surface area contributed by atoms with E-state index in [1.54, 1.807) is 12.1 Å². The zero-order valence-electron chi connectivity index (χ0n) is 17.2. The van der Waals surface area contributed by atoms with Crippen LogP contribution in [0, 0.1) is 17.3 Å². The SMILES string of the molecule is COc1ccc(NC(=O)CC23CC4CC(CC(Br)(C4)C2)C3)cc1S(=O)(=O)N(C)C. The Bertz CT molecular complexity index is 917. The highest BCUT2D eigenvalue weighted by atomic mass is 79.9. The molecule has 5 rings (SSSR count). The third kappa shape index (κ3) is 3.95. The zero-order valence-corrected chi connectivity index (χ0v) is 19.6. The van der Waals surface area contributed by atoms with E-state index in [4.69, 9.17) is 4.74 Å². The Labute approximate surface area is 181 Å². The Hall–Kier alpha value is -1.12. The maximum absolute atomic E-state index is 12.9. The Kier molecular flexibility index (Phi) is 5.27. The first-order valence-electron chi connectivity index (χ1n) is 10.1. The minimum absolute atomic E-state index is 0.0404. The summed E-state index contributed by atoms with van der Waals surface area (Å²) >= 11 is 3.99. The number of sulfonamides is 1. The van der Waals surface area contributed by atoms with E-state index in [9.17, 15) is 13.2 Å². The molecule has 0 spiro atoms. The lowest BCUT2D eigenvalue weighted by Crippen LogP contribution is -2.53. The van der Waals surface area contributed by atoms with Crippen LogP contribution in [0.1, 0.15) is 44.9 Å². The number of hydrogen-bond donors (Lipinski definition) is 1. The van der Waals surface area contributed by atoms with Crippen molar-refractivity contribution in [3.63, 3.8) is 0 Å².